The quantitative estimate of drug-likeness (QED) is 0.0369. The Hall–Kier alpha value is -5.43. The van der Waals surface area contributed by atoms with E-state index in [9.17, 15) is 31.2 Å². The zero-order valence-electron chi connectivity index (χ0n) is 42.7. The summed E-state index contributed by atoms with van der Waals surface area (Å²) in [6, 6.07) is 51.0. The van der Waals surface area contributed by atoms with E-state index in [1.54, 1.807) is 117 Å². The summed E-state index contributed by atoms with van der Waals surface area (Å²) < 4.78 is 50.2. The molecule has 6 aromatic carbocycles. The van der Waals surface area contributed by atoms with Gasteiger partial charge in [-0.1, -0.05) is 160 Å². The molecular weight excluding hydrogens is 1440 g/mol. The van der Waals surface area contributed by atoms with E-state index < -0.39 is 18.9 Å². The zero-order valence-corrected chi connectivity index (χ0v) is 53.9. The average molecular weight is 1500 g/mol. The molecule has 6 N–H and O–H groups in total. The van der Waals surface area contributed by atoms with Crippen LogP contribution in [0.5, 0.6) is 0 Å². The Morgan fingerprint density at radius 1 is 0.481 bits per heavy atom. The first-order valence-corrected chi connectivity index (χ1v) is 33.3. The van der Waals surface area contributed by atoms with Crippen LogP contribution in [-0.4, -0.2) is 44.0 Å². The lowest BCUT2D eigenvalue weighted by Crippen LogP contribution is -2.28. The first kappa shape index (κ1) is 69.8. The van der Waals surface area contributed by atoms with Gasteiger partial charge in [-0.2, -0.15) is 0 Å². The third-order valence-electron chi connectivity index (χ3n) is 10.1. The highest BCUT2D eigenvalue weighted by molar-refractivity contribution is 9.11. The maximum atomic E-state index is 12.4. The number of thioether (sulfide) groups is 1. The summed E-state index contributed by atoms with van der Waals surface area (Å²) in [5, 5.41) is 12.0. The minimum absolute atomic E-state index is 0. The van der Waals surface area contributed by atoms with Crippen LogP contribution in [0.15, 0.2) is 213 Å². The highest BCUT2D eigenvalue weighted by Gasteiger charge is 2.14. The van der Waals surface area contributed by atoms with Gasteiger partial charge in [0.1, 0.15) is 0 Å². The van der Waals surface area contributed by atoms with Gasteiger partial charge in [0.25, 0.3) is 0 Å². The van der Waals surface area contributed by atoms with E-state index in [4.69, 9.17) is 16.4 Å². The molecule has 4 amide bonds. The summed E-state index contributed by atoms with van der Waals surface area (Å²) in [5.41, 5.74) is 14.0. The van der Waals surface area contributed by atoms with Crippen LogP contribution < -0.4 is 27.0 Å². The maximum Gasteiger partial charge on any atom is 0.319 e. The Labute approximate surface area is 525 Å². The van der Waals surface area contributed by atoms with Gasteiger partial charge in [-0.3, -0.25) is 14.8 Å². The molecule has 0 aliphatic carbocycles. The number of nitrogens with zero attached hydrogens (tertiary/aromatic N) is 2. The second-order valence-electron chi connectivity index (χ2n) is 16.8. The normalized spacial score (nSPS) is 10.4. The van der Waals surface area contributed by atoms with Gasteiger partial charge in [0, 0.05) is 102 Å². The van der Waals surface area contributed by atoms with Gasteiger partial charge < -0.3 is 27.0 Å². The van der Waals surface area contributed by atoms with E-state index >= 15 is 0 Å². The van der Waals surface area contributed by atoms with Crippen molar-refractivity contribution in [1.29, 1.82) is 0 Å². The highest BCUT2D eigenvalue weighted by Crippen LogP contribution is 2.20. The molecule has 14 nitrogen and oxygen atoms in total. The number of nitrogens with two attached hydrogens (primary N) is 1. The molecule has 0 saturated carbocycles. The molecule has 81 heavy (non-hydrogen) atoms. The van der Waals surface area contributed by atoms with Crippen LogP contribution in [0.2, 0.25) is 0 Å². The van der Waals surface area contributed by atoms with Crippen molar-refractivity contribution in [2.75, 3.05) is 16.4 Å². The number of hydrogen-bond donors (Lipinski definition) is 5. The summed E-state index contributed by atoms with van der Waals surface area (Å²) in [4.78, 5) is 42.1. The molecule has 0 aliphatic rings. The molecule has 23 heteroatoms. The second-order valence-corrected chi connectivity index (χ2v) is 27.0. The number of hydrogen-bond acceptors (Lipinski definition) is 11. The number of benzene rings is 6. The van der Waals surface area contributed by atoms with E-state index in [0.29, 0.717) is 41.3 Å². The number of anilines is 3. The molecule has 0 unspecified atom stereocenters. The summed E-state index contributed by atoms with van der Waals surface area (Å²) in [5.74, 6) is 0.569. The lowest BCUT2D eigenvalue weighted by atomic mass is 10.2. The number of carbonyl (C=O) groups excluding carboxylic acids is 3. The number of carbonyl (C=O) groups is 3. The van der Waals surface area contributed by atoms with E-state index in [1.807, 2.05) is 72.8 Å². The van der Waals surface area contributed by atoms with Crippen molar-refractivity contribution in [3.8, 4) is 0 Å². The molecule has 0 atom stereocenters. The molecule has 2 heterocycles. The fourth-order valence-electron chi connectivity index (χ4n) is 6.23. The second kappa shape index (κ2) is 37.6. The first-order valence-electron chi connectivity index (χ1n) is 23.7. The summed E-state index contributed by atoms with van der Waals surface area (Å²) in [7, 11) is -1.66. The van der Waals surface area contributed by atoms with Crippen molar-refractivity contribution in [3.05, 3.63) is 251 Å². The topological polar surface area (TPSA) is 219 Å². The number of amides is 4. The maximum absolute atomic E-state index is 12.4. The molecule has 0 saturated heterocycles. The van der Waals surface area contributed by atoms with Gasteiger partial charge in [-0.15, -0.1) is 0 Å². The Balaban J connectivity index is 0.000000284. The number of rotatable bonds is 15. The van der Waals surface area contributed by atoms with Gasteiger partial charge in [0.05, 0.1) is 17.3 Å². The molecular formula is C58H59Br5ClN7O7S3. The van der Waals surface area contributed by atoms with Gasteiger partial charge >= 0.3 is 12.1 Å². The fraction of sp³-hybridized carbons (Fsp3) is 0.155. The molecule has 8 aromatic rings. The lowest BCUT2D eigenvalue weighted by Gasteiger charge is -2.09. The minimum Gasteiger partial charge on any atom is -0.399 e. The van der Waals surface area contributed by atoms with Crippen molar-refractivity contribution in [2.45, 2.75) is 55.8 Å². The van der Waals surface area contributed by atoms with E-state index in [1.165, 1.54) is 22.9 Å². The first-order chi connectivity index (χ1) is 38.1. The largest absolute Gasteiger partial charge is 0.399 e. The third kappa shape index (κ3) is 32.1. The predicted octanol–water partition coefficient (Wildman–Crippen LogP) is 16.0. The Morgan fingerprint density at radius 2 is 0.802 bits per heavy atom. The number of nitrogens with one attached hydrogen (secondary N) is 4. The van der Waals surface area contributed by atoms with E-state index in [0.717, 1.165) is 45.7 Å². The molecule has 0 bridgehead atoms. The van der Waals surface area contributed by atoms with Crippen LogP contribution in [0.3, 0.4) is 0 Å². The van der Waals surface area contributed by atoms with Gasteiger partial charge in [0.15, 0.2) is 15.0 Å². The van der Waals surface area contributed by atoms with Crippen molar-refractivity contribution in [1.82, 2.24) is 20.6 Å². The molecule has 428 valence electrons. The van der Waals surface area contributed by atoms with Crippen LogP contribution in [0.25, 0.3) is 0 Å². The van der Waals surface area contributed by atoms with Gasteiger partial charge in [-0.25, -0.2) is 26.4 Å². The number of pyridine rings is 2. The fourth-order valence-corrected chi connectivity index (χ4v) is 10.7. The summed E-state index contributed by atoms with van der Waals surface area (Å²) >= 11 is 18.0. The van der Waals surface area contributed by atoms with Crippen molar-refractivity contribution < 1.29 is 31.2 Å². The smallest absolute Gasteiger partial charge is 0.319 e. The zero-order chi connectivity index (χ0) is 58.3. The van der Waals surface area contributed by atoms with Gasteiger partial charge in [0.2, 0.25) is 9.05 Å². The summed E-state index contributed by atoms with van der Waals surface area (Å²) in [6.07, 6.45) is 6.71. The highest BCUT2D eigenvalue weighted by atomic mass is 79.9. The Morgan fingerprint density at radius 3 is 1.15 bits per heavy atom. The molecule has 2 aromatic heterocycles. The molecule has 8 rings (SSSR count). The van der Waals surface area contributed by atoms with Crippen LogP contribution in [0.1, 0.15) is 53.3 Å². The Kier molecular flexibility index (Phi) is 32.4. The number of aromatic nitrogens is 2. The van der Waals surface area contributed by atoms with Crippen molar-refractivity contribution in [3.63, 3.8) is 0 Å². The number of halogens is 6. The van der Waals surface area contributed by atoms with E-state index in [2.05, 4.69) is 123 Å². The minimum atomic E-state index is -3.43. The standard InChI is InChI=1S/C21H20BrN3O3S.C13H14N4O.C9H9BrOS.C7H6Br2.C7H6BrClO2S.CH4/c22-19-5-1-17(2-6-19)14-29(27,28)15-18-3-7-20(8-4-18)25-21(26)24-13-16-9-11-23-12-10-16;14-11-1-3-12(4-2-11)17-13(18)16-9-10-5-7-15-8-6-10;1-7(11)12-6-8-2-4-9(10)5-3-8;8-5-6-1-3-7(9)4-2-6;8-7-3-1-6(2-4-7)5-12(9,10)11;/h1-12H,13-15H2,(H2,24,25,26);1-8H,9,14H2,(H2,16,17,18);2-5H,6H2,1H3;1-4H,5H2;1-4H,5H2;1H4. The van der Waals surface area contributed by atoms with Crippen LogP contribution in [-0.2, 0) is 65.1 Å². The molecule has 0 aliphatic heterocycles. The number of urea groups is 2. The third-order valence-corrected chi connectivity index (χ3v) is 16.3. The van der Waals surface area contributed by atoms with Crippen LogP contribution in [0.4, 0.5) is 26.7 Å². The average Bonchev–Trinajstić information content (AvgIpc) is 3.43. The SMILES string of the molecule is BrCc1ccc(Br)cc1.C.CC(=O)SCc1ccc(Br)cc1.Nc1ccc(NC(=O)NCc2ccncc2)cc1.O=C(NCc1ccncc1)Nc1ccc(CS(=O)(=O)Cc2ccc(Br)cc2)cc1.O=S(=O)(Cl)Cc1ccc(Br)cc1. The predicted molar refractivity (Wildman–Crippen MR) is 350 cm³/mol. The lowest BCUT2D eigenvalue weighted by molar-refractivity contribution is -0.109. The van der Waals surface area contributed by atoms with Crippen LogP contribution >= 0.6 is 102 Å². The number of nitrogen functional groups attached to an aromatic ring is 1. The number of sulfone groups is 1. The van der Waals surface area contributed by atoms with E-state index in [-0.39, 0.29) is 41.9 Å². The van der Waals surface area contributed by atoms with Crippen LogP contribution in [0, 0.1) is 0 Å². The molecule has 0 radical (unpaired) electrons. The molecule has 0 spiro atoms. The summed E-state index contributed by atoms with van der Waals surface area (Å²) in [6.45, 7) is 2.44. The Bertz CT molecular complexity index is 3370. The monoisotopic (exact) mass is 1490 g/mol. The van der Waals surface area contributed by atoms with Crippen molar-refractivity contribution >= 4 is 155 Å². The number of alkyl halides is 1. The van der Waals surface area contributed by atoms with Crippen molar-refractivity contribution in [2.24, 2.45) is 0 Å². The molecule has 0 fully saturated rings. The van der Waals surface area contributed by atoms with Gasteiger partial charge in [-0.05, 0) is 148 Å².